The Morgan fingerprint density at radius 2 is 1.75 bits per heavy atom. The lowest BCUT2D eigenvalue weighted by Gasteiger charge is -2.51. The van der Waals surface area contributed by atoms with E-state index in [2.05, 4.69) is 6.58 Å². The van der Waals surface area contributed by atoms with Gasteiger partial charge in [0.1, 0.15) is 12.0 Å². The minimum Gasteiger partial charge on any atom is -0.466 e. The van der Waals surface area contributed by atoms with Crippen LogP contribution in [-0.2, 0) is 19.1 Å². The maximum atomic E-state index is 13.2. The third-order valence-electron chi connectivity index (χ3n) is 5.80. The van der Waals surface area contributed by atoms with Crippen LogP contribution in [0.2, 0.25) is 0 Å². The smallest absolute Gasteiger partial charge is 0.410 e. The van der Waals surface area contributed by atoms with Gasteiger partial charge < -0.3 is 19.3 Å². The van der Waals surface area contributed by atoms with Crippen LogP contribution in [0.25, 0.3) is 0 Å². The molecule has 0 aromatic heterocycles. The van der Waals surface area contributed by atoms with Crippen molar-refractivity contribution in [3.63, 3.8) is 0 Å². The number of hydrogen-bond donors (Lipinski definition) is 0. The minimum absolute atomic E-state index is 0.00508. The van der Waals surface area contributed by atoms with Crippen LogP contribution in [0.3, 0.4) is 0 Å². The van der Waals surface area contributed by atoms with Crippen molar-refractivity contribution in [1.82, 2.24) is 9.80 Å². The van der Waals surface area contributed by atoms with Crippen molar-refractivity contribution < 1.29 is 37.0 Å². The number of amides is 2. The summed E-state index contributed by atoms with van der Waals surface area (Å²) in [5.74, 6) is -2.18. The van der Waals surface area contributed by atoms with Crippen molar-refractivity contribution in [2.45, 2.75) is 25.9 Å². The SMILES string of the molecule is C=CCOC(=O)N1CC(C(=O)OCC)C2(C1)CN(C(=O)C1(C(F)(F)F)CC1)C2. The first-order valence-corrected chi connectivity index (χ1v) is 9.15. The van der Waals surface area contributed by atoms with Crippen molar-refractivity contribution >= 4 is 18.0 Å². The molecule has 3 rings (SSSR count). The first-order valence-electron chi connectivity index (χ1n) is 9.15. The third kappa shape index (κ3) is 3.22. The molecule has 1 unspecified atom stereocenters. The molecule has 10 heteroatoms. The maximum Gasteiger partial charge on any atom is 0.410 e. The second-order valence-corrected chi connectivity index (χ2v) is 7.65. The Morgan fingerprint density at radius 3 is 2.25 bits per heavy atom. The Balaban J connectivity index is 1.72. The Kier molecular flexibility index (Phi) is 5.09. The molecule has 156 valence electrons. The average molecular weight is 404 g/mol. The number of rotatable bonds is 5. The molecule has 2 aliphatic heterocycles. The van der Waals surface area contributed by atoms with Crippen LogP contribution in [0.5, 0.6) is 0 Å². The van der Waals surface area contributed by atoms with Gasteiger partial charge in [0, 0.05) is 31.6 Å². The van der Waals surface area contributed by atoms with Gasteiger partial charge in [-0.3, -0.25) is 9.59 Å². The summed E-state index contributed by atoms with van der Waals surface area (Å²) in [7, 11) is 0. The van der Waals surface area contributed by atoms with Crippen LogP contribution in [0.1, 0.15) is 19.8 Å². The summed E-state index contributed by atoms with van der Waals surface area (Å²) in [6.45, 7) is 5.38. The summed E-state index contributed by atoms with van der Waals surface area (Å²) >= 11 is 0. The highest BCUT2D eigenvalue weighted by atomic mass is 19.4. The second-order valence-electron chi connectivity index (χ2n) is 7.65. The van der Waals surface area contributed by atoms with Crippen molar-refractivity contribution in [3.05, 3.63) is 12.7 Å². The van der Waals surface area contributed by atoms with Gasteiger partial charge in [0.25, 0.3) is 0 Å². The van der Waals surface area contributed by atoms with E-state index in [4.69, 9.17) is 9.47 Å². The molecule has 1 saturated carbocycles. The number of halogens is 3. The lowest BCUT2D eigenvalue weighted by atomic mass is 9.71. The molecule has 28 heavy (non-hydrogen) atoms. The second kappa shape index (κ2) is 6.97. The lowest BCUT2D eigenvalue weighted by molar-refractivity contribution is -0.206. The van der Waals surface area contributed by atoms with Crippen molar-refractivity contribution in [2.75, 3.05) is 39.4 Å². The zero-order valence-corrected chi connectivity index (χ0v) is 15.6. The number of alkyl halides is 3. The molecule has 2 saturated heterocycles. The fourth-order valence-corrected chi connectivity index (χ4v) is 4.12. The van der Waals surface area contributed by atoms with E-state index >= 15 is 0 Å². The first-order chi connectivity index (χ1) is 13.1. The van der Waals surface area contributed by atoms with Gasteiger partial charge in [0.15, 0.2) is 0 Å². The number of esters is 1. The fourth-order valence-electron chi connectivity index (χ4n) is 4.12. The molecule has 0 bridgehead atoms. The van der Waals surface area contributed by atoms with Crippen LogP contribution in [0.4, 0.5) is 18.0 Å². The van der Waals surface area contributed by atoms with Gasteiger partial charge >= 0.3 is 18.2 Å². The minimum atomic E-state index is -4.58. The van der Waals surface area contributed by atoms with E-state index in [1.807, 2.05) is 0 Å². The highest BCUT2D eigenvalue weighted by Crippen LogP contribution is 2.60. The Hall–Kier alpha value is -2.26. The molecule has 2 amide bonds. The van der Waals surface area contributed by atoms with E-state index in [1.165, 1.54) is 11.0 Å². The molecule has 0 aromatic rings. The van der Waals surface area contributed by atoms with Gasteiger partial charge in [0.2, 0.25) is 5.91 Å². The van der Waals surface area contributed by atoms with E-state index in [0.29, 0.717) is 0 Å². The highest BCUT2D eigenvalue weighted by Gasteiger charge is 2.71. The van der Waals surface area contributed by atoms with Gasteiger partial charge in [-0.25, -0.2) is 4.79 Å². The molecule has 1 atom stereocenters. The molecule has 3 fully saturated rings. The molecule has 7 nitrogen and oxygen atoms in total. The van der Waals surface area contributed by atoms with Crippen LogP contribution in [0.15, 0.2) is 12.7 Å². The number of ether oxygens (including phenoxy) is 2. The van der Waals surface area contributed by atoms with Crippen LogP contribution >= 0.6 is 0 Å². The monoisotopic (exact) mass is 404 g/mol. The van der Waals surface area contributed by atoms with E-state index in [1.54, 1.807) is 6.92 Å². The van der Waals surface area contributed by atoms with Crippen molar-refractivity contribution in [3.8, 4) is 0 Å². The molecular formula is C18H23F3N2O5. The number of hydrogen-bond acceptors (Lipinski definition) is 5. The normalized spacial score (nSPS) is 24.5. The number of carbonyl (C=O) groups is 3. The Labute approximate surface area is 160 Å². The van der Waals surface area contributed by atoms with E-state index in [0.717, 1.165) is 4.90 Å². The zero-order valence-electron chi connectivity index (χ0n) is 15.6. The highest BCUT2D eigenvalue weighted by molar-refractivity contribution is 5.88. The van der Waals surface area contributed by atoms with Gasteiger partial charge in [-0.05, 0) is 19.8 Å². The van der Waals surface area contributed by atoms with Gasteiger partial charge in [-0.15, -0.1) is 0 Å². The Morgan fingerprint density at radius 1 is 1.14 bits per heavy atom. The summed E-state index contributed by atoms with van der Waals surface area (Å²) in [6, 6.07) is 0. The predicted molar refractivity (Wildman–Crippen MR) is 90.0 cm³/mol. The number of likely N-dealkylation sites (tertiary alicyclic amines) is 2. The summed E-state index contributed by atoms with van der Waals surface area (Å²) in [6.07, 6.45) is -4.23. The molecule has 1 spiro atoms. The molecular weight excluding hydrogens is 381 g/mol. The van der Waals surface area contributed by atoms with Gasteiger partial charge in [-0.2, -0.15) is 13.2 Å². The molecule has 0 N–H and O–H groups in total. The standard InChI is InChI=1S/C18H23F3N2O5/c1-3-7-28-15(26)22-8-12(13(24)27-4-2)16(9-22)10-23(11-16)14(25)17(5-6-17)18(19,20)21/h3,12H,1,4-11H2,2H3. The summed E-state index contributed by atoms with van der Waals surface area (Å²) in [5, 5.41) is 0. The van der Waals surface area contributed by atoms with Crippen LogP contribution < -0.4 is 0 Å². The van der Waals surface area contributed by atoms with Crippen LogP contribution in [-0.4, -0.2) is 73.3 Å². The number of carbonyl (C=O) groups excluding carboxylic acids is 3. The van der Waals surface area contributed by atoms with Gasteiger partial charge in [0.05, 0.1) is 12.5 Å². The lowest BCUT2D eigenvalue weighted by Crippen LogP contribution is -2.65. The third-order valence-corrected chi connectivity index (χ3v) is 5.80. The predicted octanol–water partition coefficient (Wildman–Crippen LogP) is 1.97. The van der Waals surface area contributed by atoms with E-state index < -0.39 is 40.9 Å². The fraction of sp³-hybridized carbons (Fsp3) is 0.722. The molecule has 2 heterocycles. The topological polar surface area (TPSA) is 76.2 Å². The van der Waals surface area contributed by atoms with Crippen molar-refractivity contribution in [1.29, 1.82) is 0 Å². The van der Waals surface area contributed by atoms with Gasteiger partial charge in [-0.1, -0.05) is 12.7 Å². The van der Waals surface area contributed by atoms with E-state index in [9.17, 15) is 27.6 Å². The van der Waals surface area contributed by atoms with E-state index in [-0.39, 0.29) is 52.2 Å². The largest absolute Gasteiger partial charge is 0.466 e. The molecule has 0 radical (unpaired) electrons. The number of nitrogens with zero attached hydrogens (tertiary/aromatic N) is 2. The average Bonchev–Trinajstić information content (AvgIpc) is 3.32. The quantitative estimate of drug-likeness (QED) is 0.517. The van der Waals surface area contributed by atoms with Crippen molar-refractivity contribution in [2.24, 2.45) is 16.7 Å². The molecule has 1 aliphatic carbocycles. The van der Waals surface area contributed by atoms with Crippen LogP contribution in [0, 0.1) is 16.7 Å². The zero-order chi connectivity index (χ0) is 20.7. The Bertz CT molecular complexity index is 683. The molecule has 0 aromatic carbocycles. The summed E-state index contributed by atoms with van der Waals surface area (Å²) < 4.78 is 49.8. The summed E-state index contributed by atoms with van der Waals surface area (Å²) in [4.78, 5) is 39.4. The first kappa shape index (κ1) is 20.5. The molecule has 3 aliphatic rings. The summed E-state index contributed by atoms with van der Waals surface area (Å²) in [5.41, 5.74) is -3.09. The maximum absolute atomic E-state index is 13.2.